The van der Waals surface area contributed by atoms with Crippen LogP contribution in [-0.4, -0.2) is 36.1 Å². The van der Waals surface area contributed by atoms with E-state index in [2.05, 4.69) is 26.0 Å². The Balaban J connectivity index is 2.65. The van der Waals surface area contributed by atoms with Crippen molar-refractivity contribution in [3.63, 3.8) is 0 Å². The zero-order valence-electron chi connectivity index (χ0n) is 16.4. The molecule has 0 aliphatic rings. The number of hydrogen-bond donors (Lipinski definition) is 0. The fraction of sp³-hybridized carbons (Fsp3) is 0.700. The number of ether oxygens (including phenoxy) is 1. The standard InChI is InChI=1S/C20H35N2O2/c1-7-8-9-10-11-12-13-22(5,6)15-19-14-21-17(3)20(16(19)2)24-18(4)23/h14H,7-13,15H2,1-6H3/q+1. The van der Waals surface area contributed by atoms with Gasteiger partial charge in [0.2, 0.25) is 0 Å². The predicted octanol–water partition coefficient (Wildman–Crippen LogP) is 4.56. The maximum absolute atomic E-state index is 11.3. The summed E-state index contributed by atoms with van der Waals surface area (Å²) >= 11 is 0. The molecule has 4 nitrogen and oxygen atoms in total. The number of aryl methyl sites for hydroxylation is 1. The van der Waals surface area contributed by atoms with Crippen LogP contribution in [-0.2, 0) is 11.3 Å². The summed E-state index contributed by atoms with van der Waals surface area (Å²) in [5, 5.41) is 0. The van der Waals surface area contributed by atoms with Gasteiger partial charge in [-0.25, -0.2) is 0 Å². The van der Waals surface area contributed by atoms with Crippen molar-refractivity contribution in [3.05, 3.63) is 23.0 Å². The van der Waals surface area contributed by atoms with Gasteiger partial charge >= 0.3 is 5.97 Å². The summed E-state index contributed by atoms with van der Waals surface area (Å²) in [7, 11) is 4.52. The second kappa shape index (κ2) is 9.77. The summed E-state index contributed by atoms with van der Waals surface area (Å²) < 4.78 is 6.29. The fourth-order valence-corrected chi connectivity index (χ4v) is 3.06. The van der Waals surface area contributed by atoms with Crippen LogP contribution < -0.4 is 4.74 Å². The van der Waals surface area contributed by atoms with E-state index in [9.17, 15) is 4.79 Å². The fourth-order valence-electron chi connectivity index (χ4n) is 3.06. The van der Waals surface area contributed by atoms with Gasteiger partial charge in [-0.3, -0.25) is 9.78 Å². The number of nitrogens with zero attached hydrogens (tertiary/aromatic N) is 2. The first-order valence-electron chi connectivity index (χ1n) is 9.22. The van der Waals surface area contributed by atoms with Crippen LogP contribution in [0.5, 0.6) is 5.75 Å². The van der Waals surface area contributed by atoms with Gasteiger partial charge in [-0.2, -0.15) is 0 Å². The van der Waals surface area contributed by atoms with Crippen LogP contribution in [0.15, 0.2) is 6.20 Å². The van der Waals surface area contributed by atoms with Crippen LogP contribution in [0.2, 0.25) is 0 Å². The number of pyridine rings is 1. The normalized spacial score (nSPS) is 11.6. The van der Waals surface area contributed by atoms with E-state index in [1.165, 1.54) is 45.4 Å². The summed E-state index contributed by atoms with van der Waals surface area (Å²) in [4.78, 5) is 15.7. The molecule has 1 heterocycles. The number of carbonyl (C=O) groups excluding carboxylic acids is 1. The molecule has 0 amide bonds. The lowest BCUT2D eigenvalue weighted by Gasteiger charge is -2.30. The molecule has 1 rings (SSSR count). The molecule has 0 saturated carbocycles. The monoisotopic (exact) mass is 335 g/mol. The molecular weight excluding hydrogens is 300 g/mol. The number of esters is 1. The molecule has 0 saturated heterocycles. The number of hydrogen-bond acceptors (Lipinski definition) is 3. The third-order valence-electron chi connectivity index (χ3n) is 4.53. The molecule has 0 atom stereocenters. The highest BCUT2D eigenvalue weighted by atomic mass is 16.5. The van der Waals surface area contributed by atoms with E-state index >= 15 is 0 Å². The lowest BCUT2D eigenvalue weighted by atomic mass is 10.1. The van der Waals surface area contributed by atoms with Crippen LogP contribution >= 0.6 is 0 Å². The van der Waals surface area contributed by atoms with Crippen LogP contribution in [0, 0.1) is 13.8 Å². The maximum Gasteiger partial charge on any atom is 0.308 e. The van der Waals surface area contributed by atoms with Crippen molar-refractivity contribution in [2.45, 2.75) is 72.8 Å². The van der Waals surface area contributed by atoms with Crippen LogP contribution in [0.4, 0.5) is 0 Å². The second-order valence-electron chi connectivity index (χ2n) is 7.50. The van der Waals surface area contributed by atoms with E-state index in [-0.39, 0.29) is 5.97 Å². The van der Waals surface area contributed by atoms with Gasteiger partial charge in [-0.1, -0.05) is 32.6 Å². The van der Waals surface area contributed by atoms with E-state index in [1.54, 1.807) is 0 Å². The quantitative estimate of drug-likeness (QED) is 0.357. The van der Waals surface area contributed by atoms with Gasteiger partial charge in [0.15, 0.2) is 5.75 Å². The minimum atomic E-state index is -0.291. The number of quaternary nitrogens is 1. The topological polar surface area (TPSA) is 39.2 Å². The van der Waals surface area contributed by atoms with Crippen molar-refractivity contribution < 1.29 is 14.0 Å². The summed E-state index contributed by atoms with van der Waals surface area (Å²) in [5.41, 5.74) is 2.97. The third-order valence-corrected chi connectivity index (χ3v) is 4.53. The summed E-state index contributed by atoms with van der Waals surface area (Å²) in [6, 6.07) is 0. The Labute approximate surface area is 147 Å². The van der Waals surface area contributed by atoms with Gasteiger partial charge in [0.1, 0.15) is 6.54 Å². The molecule has 0 unspecified atom stereocenters. The maximum atomic E-state index is 11.3. The number of rotatable bonds is 10. The zero-order valence-corrected chi connectivity index (χ0v) is 16.4. The highest BCUT2D eigenvalue weighted by Crippen LogP contribution is 2.26. The van der Waals surface area contributed by atoms with E-state index < -0.39 is 0 Å². The van der Waals surface area contributed by atoms with E-state index in [0.29, 0.717) is 5.75 Å². The van der Waals surface area contributed by atoms with Crippen LogP contribution in [0.1, 0.15) is 69.2 Å². The van der Waals surface area contributed by atoms with Crippen molar-refractivity contribution in [3.8, 4) is 5.75 Å². The molecule has 0 bridgehead atoms. The Morgan fingerprint density at radius 3 is 2.38 bits per heavy atom. The lowest BCUT2D eigenvalue weighted by Crippen LogP contribution is -2.39. The van der Waals surface area contributed by atoms with E-state index in [1.807, 2.05) is 20.0 Å². The molecule has 0 aliphatic heterocycles. The van der Waals surface area contributed by atoms with E-state index in [0.717, 1.165) is 34.4 Å². The molecular formula is C20H35N2O2+. The van der Waals surface area contributed by atoms with Crippen molar-refractivity contribution in [1.29, 1.82) is 0 Å². The van der Waals surface area contributed by atoms with Crippen molar-refractivity contribution in [1.82, 2.24) is 4.98 Å². The molecule has 0 spiro atoms. The molecule has 4 heteroatoms. The second-order valence-corrected chi connectivity index (χ2v) is 7.50. The lowest BCUT2D eigenvalue weighted by molar-refractivity contribution is -0.903. The summed E-state index contributed by atoms with van der Waals surface area (Å²) in [5.74, 6) is 0.334. The molecule has 136 valence electrons. The summed E-state index contributed by atoms with van der Waals surface area (Å²) in [6.45, 7) is 9.65. The Kier molecular flexibility index (Phi) is 8.40. The summed E-state index contributed by atoms with van der Waals surface area (Å²) in [6.07, 6.45) is 9.85. The Hall–Kier alpha value is -1.42. The first-order chi connectivity index (χ1) is 11.3. The smallest absolute Gasteiger partial charge is 0.308 e. The third kappa shape index (κ3) is 7.00. The molecule has 0 aliphatic carbocycles. The van der Waals surface area contributed by atoms with Crippen LogP contribution in [0.3, 0.4) is 0 Å². The predicted molar refractivity (Wildman–Crippen MR) is 99.1 cm³/mol. The minimum Gasteiger partial charge on any atom is -0.424 e. The molecule has 0 aromatic carbocycles. The Morgan fingerprint density at radius 1 is 1.12 bits per heavy atom. The number of carbonyl (C=O) groups is 1. The highest BCUT2D eigenvalue weighted by molar-refractivity contribution is 5.70. The van der Waals surface area contributed by atoms with Gasteiger partial charge in [0.25, 0.3) is 0 Å². The van der Waals surface area contributed by atoms with Crippen molar-refractivity contribution in [2.75, 3.05) is 20.6 Å². The Morgan fingerprint density at radius 2 is 1.75 bits per heavy atom. The molecule has 0 radical (unpaired) electrons. The number of aromatic nitrogens is 1. The molecule has 24 heavy (non-hydrogen) atoms. The largest absolute Gasteiger partial charge is 0.424 e. The molecule has 0 N–H and O–H groups in total. The first kappa shape index (κ1) is 20.6. The molecule has 1 aromatic rings. The average molecular weight is 336 g/mol. The molecule has 0 fully saturated rings. The van der Waals surface area contributed by atoms with Crippen LogP contribution in [0.25, 0.3) is 0 Å². The Bertz CT molecular complexity index is 539. The zero-order chi connectivity index (χ0) is 18.2. The van der Waals surface area contributed by atoms with Gasteiger partial charge in [-0.05, 0) is 26.7 Å². The number of unbranched alkanes of at least 4 members (excludes halogenated alkanes) is 5. The average Bonchev–Trinajstić information content (AvgIpc) is 2.50. The van der Waals surface area contributed by atoms with Crippen molar-refractivity contribution in [2.24, 2.45) is 0 Å². The van der Waals surface area contributed by atoms with Gasteiger partial charge in [-0.15, -0.1) is 0 Å². The van der Waals surface area contributed by atoms with Gasteiger partial charge in [0.05, 0.1) is 26.3 Å². The van der Waals surface area contributed by atoms with E-state index in [4.69, 9.17) is 4.74 Å². The van der Waals surface area contributed by atoms with Gasteiger partial charge in [0, 0.05) is 24.2 Å². The first-order valence-corrected chi connectivity index (χ1v) is 9.22. The van der Waals surface area contributed by atoms with Crippen molar-refractivity contribution >= 4 is 5.97 Å². The van der Waals surface area contributed by atoms with Gasteiger partial charge < -0.3 is 9.22 Å². The minimum absolute atomic E-state index is 0.291. The highest BCUT2D eigenvalue weighted by Gasteiger charge is 2.20. The molecule has 1 aromatic heterocycles. The SMILES string of the molecule is CCCCCCCC[N+](C)(C)Cc1cnc(C)c(OC(C)=O)c1C.